The Morgan fingerprint density at radius 3 is 2.56 bits per heavy atom. The molecular weight excluding hydrogens is 479 g/mol. The van der Waals surface area contributed by atoms with Crippen molar-refractivity contribution < 1.29 is 18.6 Å². The maximum absolute atomic E-state index is 13.9. The predicted molar refractivity (Wildman–Crippen MR) is 131 cm³/mol. The van der Waals surface area contributed by atoms with Crippen LogP contribution in [0.5, 0.6) is 17.2 Å². The number of aromatic nitrogens is 3. The molecule has 0 aliphatic carbocycles. The number of H-pyrrole nitrogens is 1. The van der Waals surface area contributed by atoms with E-state index in [1.807, 2.05) is 24.3 Å². The molecule has 0 atom stereocenters. The van der Waals surface area contributed by atoms with Gasteiger partial charge in [0.15, 0.2) is 17.3 Å². The first-order chi connectivity index (χ1) is 16.5. The number of rotatable bonds is 9. The number of benzene rings is 3. The molecular formula is C24H22ClFN4O3S. The lowest BCUT2D eigenvalue weighted by Gasteiger charge is -2.16. The van der Waals surface area contributed by atoms with Gasteiger partial charge in [-0.1, -0.05) is 41.9 Å². The molecule has 34 heavy (non-hydrogen) atoms. The Bertz CT molecular complexity index is 1360. The van der Waals surface area contributed by atoms with E-state index >= 15 is 0 Å². The van der Waals surface area contributed by atoms with Gasteiger partial charge in [0.1, 0.15) is 18.2 Å². The first-order valence-corrected chi connectivity index (χ1v) is 11.1. The van der Waals surface area contributed by atoms with Crippen molar-refractivity contribution in [2.45, 2.75) is 13.2 Å². The molecule has 0 amide bonds. The largest absolute Gasteiger partial charge is 0.496 e. The number of nitrogens with one attached hydrogen (secondary N) is 2. The fourth-order valence-corrected chi connectivity index (χ4v) is 3.89. The molecule has 0 saturated carbocycles. The van der Waals surface area contributed by atoms with Crippen LogP contribution in [0.1, 0.15) is 11.1 Å². The molecule has 4 aromatic rings. The highest BCUT2D eigenvalue weighted by Gasteiger charge is 2.16. The Labute approximate surface area is 206 Å². The maximum atomic E-state index is 13.9. The smallest absolute Gasteiger partial charge is 0.214 e. The highest BCUT2D eigenvalue weighted by atomic mass is 35.5. The van der Waals surface area contributed by atoms with Gasteiger partial charge in [-0.15, -0.1) is 0 Å². The summed E-state index contributed by atoms with van der Waals surface area (Å²) in [7, 11) is 3.12. The molecule has 0 bridgehead atoms. The fourth-order valence-electron chi connectivity index (χ4n) is 3.40. The summed E-state index contributed by atoms with van der Waals surface area (Å²) >= 11 is 11.9. The minimum atomic E-state index is -0.346. The summed E-state index contributed by atoms with van der Waals surface area (Å²) < 4.78 is 32.7. The summed E-state index contributed by atoms with van der Waals surface area (Å²) in [6.45, 7) is 0.381. The number of hydrogen-bond donors (Lipinski definition) is 2. The third-order valence-electron chi connectivity index (χ3n) is 5.08. The lowest BCUT2D eigenvalue weighted by Crippen LogP contribution is -2.16. The van der Waals surface area contributed by atoms with Crippen LogP contribution in [0.25, 0.3) is 11.4 Å². The number of methoxy groups -OCH3 is 2. The van der Waals surface area contributed by atoms with Gasteiger partial charge in [0, 0.05) is 5.56 Å². The number of aromatic amines is 1. The molecule has 0 aliphatic rings. The van der Waals surface area contributed by atoms with Crippen molar-refractivity contribution in [2.24, 2.45) is 0 Å². The summed E-state index contributed by atoms with van der Waals surface area (Å²) in [5.41, 5.74) is 5.26. The summed E-state index contributed by atoms with van der Waals surface area (Å²) in [6.07, 6.45) is 0. The normalized spacial score (nSPS) is 10.7. The second-order valence-electron chi connectivity index (χ2n) is 7.21. The number of nitrogens with zero attached hydrogens (tertiary/aromatic N) is 2. The van der Waals surface area contributed by atoms with E-state index in [-0.39, 0.29) is 12.4 Å². The number of para-hydroxylation sites is 1. The monoisotopic (exact) mass is 500 g/mol. The minimum Gasteiger partial charge on any atom is -0.496 e. The zero-order chi connectivity index (χ0) is 24.1. The van der Waals surface area contributed by atoms with Crippen LogP contribution in [0.4, 0.5) is 4.39 Å². The van der Waals surface area contributed by atoms with Gasteiger partial charge < -0.3 is 19.6 Å². The van der Waals surface area contributed by atoms with Crippen molar-refractivity contribution in [3.63, 3.8) is 0 Å². The summed E-state index contributed by atoms with van der Waals surface area (Å²) in [4.78, 5) is 0. The van der Waals surface area contributed by atoms with E-state index in [0.29, 0.717) is 45.0 Å². The third kappa shape index (κ3) is 5.00. The highest BCUT2D eigenvalue weighted by Crippen LogP contribution is 2.37. The van der Waals surface area contributed by atoms with E-state index in [0.717, 1.165) is 11.1 Å². The molecule has 7 nitrogen and oxygen atoms in total. The molecule has 0 spiro atoms. The third-order valence-corrected chi connectivity index (χ3v) is 5.64. The Morgan fingerprint density at radius 2 is 1.79 bits per heavy atom. The number of halogens is 2. The van der Waals surface area contributed by atoms with Crippen LogP contribution in [-0.4, -0.2) is 29.1 Å². The van der Waals surface area contributed by atoms with Crippen LogP contribution in [-0.2, 0) is 13.2 Å². The van der Waals surface area contributed by atoms with Crippen molar-refractivity contribution >= 4 is 23.8 Å². The molecule has 2 N–H and O–H groups in total. The Morgan fingerprint density at radius 1 is 1.06 bits per heavy atom. The van der Waals surface area contributed by atoms with E-state index in [9.17, 15) is 4.39 Å². The van der Waals surface area contributed by atoms with Crippen molar-refractivity contribution in [1.82, 2.24) is 14.9 Å². The van der Waals surface area contributed by atoms with Gasteiger partial charge in [0.05, 0.1) is 31.4 Å². The number of hydrogen-bond acceptors (Lipinski definition) is 6. The molecule has 0 radical (unpaired) electrons. The Kier molecular flexibility index (Phi) is 7.34. The second kappa shape index (κ2) is 10.6. The van der Waals surface area contributed by atoms with Crippen LogP contribution in [0, 0.1) is 10.6 Å². The van der Waals surface area contributed by atoms with Crippen LogP contribution in [0.15, 0.2) is 60.7 Å². The quantitative estimate of drug-likeness (QED) is 0.285. The van der Waals surface area contributed by atoms with Crippen LogP contribution in [0.2, 0.25) is 5.02 Å². The van der Waals surface area contributed by atoms with Gasteiger partial charge >= 0.3 is 0 Å². The van der Waals surface area contributed by atoms with E-state index < -0.39 is 0 Å². The van der Waals surface area contributed by atoms with Gasteiger partial charge in [-0.25, -0.2) is 14.2 Å². The maximum Gasteiger partial charge on any atom is 0.214 e. The average Bonchev–Trinajstić information content (AvgIpc) is 3.22. The molecule has 176 valence electrons. The summed E-state index contributed by atoms with van der Waals surface area (Å²) in [5.74, 6) is 1.67. The molecule has 0 fully saturated rings. The first kappa shape index (κ1) is 23.6. The molecule has 10 heteroatoms. The standard InChI is InChI=1S/C24H22ClFN4O3S/c1-31-20-10-6-4-8-17(20)23-28-29-24(34)30(23)27-13-15-11-18(25)22(21(12-15)32-2)33-14-16-7-3-5-9-19(16)26/h3-12,27H,13-14H2,1-2H3,(H,29,34). The van der Waals surface area contributed by atoms with Crippen molar-refractivity contribution in [2.75, 3.05) is 19.6 Å². The van der Waals surface area contributed by atoms with Crippen LogP contribution >= 0.6 is 23.8 Å². The molecule has 0 saturated heterocycles. The predicted octanol–water partition coefficient (Wildman–Crippen LogP) is 5.74. The zero-order valence-corrected chi connectivity index (χ0v) is 20.0. The average molecular weight is 501 g/mol. The van der Waals surface area contributed by atoms with Crippen molar-refractivity contribution in [3.05, 3.63) is 87.4 Å². The fraction of sp³-hybridized carbons (Fsp3) is 0.167. The summed E-state index contributed by atoms with van der Waals surface area (Å²) in [6, 6.07) is 17.5. The van der Waals surface area contributed by atoms with Gasteiger partial charge in [0.2, 0.25) is 4.77 Å². The Balaban J connectivity index is 1.55. The lowest BCUT2D eigenvalue weighted by atomic mass is 10.2. The Hall–Kier alpha value is -3.56. The van der Waals surface area contributed by atoms with Gasteiger partial charge in [-0.3, -0.25) is 0 Å². The second-order valence-corrected chi connectivity index (χ2v) is 8.01. The molecule has 0 aliphatic heterocycles. The highest BCUT2D eigenvalue weighted by molar-refractivity contribution is 7.71. The zero-order valence-electron chi connectivity index (χ0n) is 18.5. The van der Waals surface area contributed by atoms with E-state index in [1.54, 1.807) is 42.1 Å². The van der Waals surface area contributed by atoms with E-state index in [4.69, 9.17) is 38.0 Å². The van der Waals surface area contributed by atoms with E-state index in [2.05, 4.69) is 15.6 Å². The molecule has 4 rings (SSSR count). The van der Waals surface area contributed by atoms with Gasteiger partial charge in [-0.2, -0.15) is 5.10 Å². The molecule has 0 unspecified atom stereocenters. The van der Waals surface area contributed by atoms with Crippen LogP contribution in [0.3, 0.4) is 0 Å². The van der Waals surface area contributed by atoms with Crippen molar-refractivity contribution in [1.29, 1.82) is 0 Å². The molecule has 3 aromatic carbocycles. The lowest BCUT2D eigenvalue weighted by molar-refractivity contribution is 0.280. The van der Waals surface area contributed by atoms with Gasteiger partial charge in [-0.05, 0) is 48.1 Å². The summed E-state index contributed by atoms with van der Waals surface area (Å²) in [5, 5.41) is 7.47. The van der Waals surface area contributed by atoms with E-state index in [1.165, 1.54) is 13.2 Å². The van der Waals surface area contributed by atoms with Crippen LogP contribution < -0.4 is 19.6 Å². The molecule has 1 heterocycles. The SMILES string of the molecule is COc1ccccc1-c1n[nH]c(=S)n1NCc1cc(Cl)c(OCc2ccccc2F)c(OC)c1. The topological polar surface area (TPSA) is 73.3 Å². The first-order valence-electron chi connectivity index (χ1n) is 10.3. The number of ether oxygens (including phenoxy) is 3. The minimum absolute atomic E-state index is 0.0206. The molecule has 1 aromatic heterocycles. The van der Waals surface area contributed by atoms with Gasteiger partial charge in [0.25, 0.3) is 0 Å². The van der Waals surface area contributed by atoms with Crippen molar-refractivity contribution in [3.8, 4) is 28.6 Å².